The summed E-state index contributed by atoms with van der Waals surface area (Å²) in [5.41, 5.74) is 0. The van der Waals surface area contributed by atoms with Crippen molar-refractivity contribution in [3.05, 3.63) is 13.8 Å². The molecule has 13 heavy (non-hydrogen) atoms. The maximum absolute atomic E-state index is 3.99. The van der Waals surface area contributed by atoms with E-state index in [1.54, 1.807) is 0 Å². The van der Waals surface area contributed by atoms with Crippen LogP contribution in [-0.2, 0) is 0 Å². The molecular formula is C13H26. The van der Waals surface area contributed by atoms with Crippen molar-refractivity contribution in [2.75, 3.05) is 0 Å². The quantitative estimate of drug-likeness (QED) is 0.449. The van der Waals surface area contributed by atoms with E-state index in [9.17, 15) is 0 Å². The number of unbranched alkanes of at least 4 members (excludes halogenated alkanes) is 7. The van der Waals surface area contributed by atoms with E-state index in [0.29, 0.717) is 5.92 Å². The molecule has 0 amide bonds. The topological polar surface area (TPSA) is 0 Å². The second-order valence-corrected chi connectivity index (χ2v) is 4.22. The van der Waals surface area contributed by atoms with Crippen LogP contribution in [0.15, 0.2) is 0 Å². The summed E-state index contributed by atoms with van der Waals surface area (Å²) in [5, 5.41) is 0. The molecule has 0 saturated heterocycles. The third-order valence-electron chi connectivity index (χ3n) is 2.45. The van der Waals surface area contributed by atoms with E-state index in [4.69, 9.17) is 0 Å². The Labute approximate surface area is 85.1 Å². The summed E-state index contributed by atoms with van der Waals surface area (Å²) in [6, 6.07) is 0. The molecule has 0 aromatic carbocycles. The van der Waals surface area contributed by atoms with Gasteiger partial charge < -0.3 is 0 Å². The van der Waals surface area contributed by atoms with E-state index in [2.05, 4.69) is 20.8 Å². The fourth-order valence-electron chi connectivity index (χ4n) is 1.55. The monoisotopic (exact) mass is 182 g/mol. The van der Waals surface area contributed by atoms with Gasteiger partial charge in [0.05, 0.1) is 0 Å². The fraction of sp³-hybridized carbons (Fsp3) is 0.846. The Morgan fingerprint density at radius 1 is 0.846 bits per heavy atom. The van der Waals surface area contributed by atoms with Gasteiger partial charge in [-0.15, -0.1) is 0 Å². The van der Waals surface area contributed by atoms with Crippen LogP contribution in [-0.4, -0.2) is 0 Å². The van der Waals surface area contributed by atoms with E-state index >= 15 is 0 Å². The molecule has 0 aliphatic rings. The maximum atomic E-state index is 3.99. The van der Waals surface area contributed by atoms with Gasteiger partial charge in [0.1, 0.15) is 0 Å². The van der Waals surface area contributed by atoms with Crippen molar-refractivity contribution in [3.63, 3.8) is 0 Å². The molecule has 0 saturated carbocycles. The van der Waals surface area contributed by atoms with Gasteiger partial charge in [-0.2, -0.15) is 0 Å². The van der Waals surface area contributed by atoms with Gasteiger partial charge >= 0.3 is 0 Å². The molecule has 2 radical (unpaired) electrons. The van der Waals surface area contributed by atoms with Gasteiger partial charge in [-0.1, -0.05) is 78.6 Å². The van der Waals surface area contributed by atoms with Crippen LogP contribution in [0.25, 0.3) is 0 Å². The van der Waals surface area contributed by atoms with Crippen molar-refractivity contribution in [3.8, 4) is 0 Å². The lowest BCUT2D eigenvalue weighted by atomic mass is 10.0. The lowest BCUT2D eigenvalue weighted by Crippen LogP contribution is -1.87. The molecule has 0 bridgehead atoms. The minimum atomic E-state index is 0.645. The van der Waals surface area contributed by atoms with E-state index in [0.717, 1.165) is 6.42 Å². The summed E-state index contributed by atoms with van der Waals surface area (Å²) in [6.45, 7) is 10.0. The van der Waals surface area contributed by atoms with Gasteiger partial charge in [0, 0.05) is 0 Å². The van der Waals surface area contributed by atoms with Crippen LogP contribution in [0.2, 0.25) is 0 Å². The molecule has 0 spiro atoms. The van der Waals surface area contributed by atoms with Gasteiger partial charge in [0.25, 0.3) is 0 Å². The molecule has 0 rings (SSSR count). The lowest BCUT2D eigenvalue weighted by molar-refractivity contribution is 0.533. The van der Waals surface area contributed by atoms with Crippen LogP contribution in [0.4, 0.5) is 0 Å². The molecular weight excluding hydrogens is 156 g/mol. The fourth-order valence-corrected chi connectivity index (χ4v) is 1.55. The second kappa shape index (κ2) is 10.1. The van der Waals surface area contributed by atoms with Crippen LogP contribution in [0.5, 0.6) is 0 Å². The van der Waals surface area contributed by atoms with Crippen molar-refractivity contribution in [2.45, 2.75) is 64.7 Å². The zero-order valence-corrected chi connectivity index (χ0v) is 9.36. The summed E-state index contributed by atoms with van der Waals surface area (Å²) in [6.07, 6.45) is 12.2. The van der Waals surface area contributed by atoms with Crippen molar-refractivity contribution in [1.82, 2.24) is 0 Å². The Morgan fingerprint density at radius 3 is 1.77 bits per heavy atom. The largest absolute Gasteiger partial charge is 0.0625 e. The average molecular weight is 182 g/mol. The average Bonchev–Trinajstić information content (AvgIpc) is 2.09. The Morgan fingerprint density at radius 2 is 1.31 bits per heavy atom. The first-order chi connectivity index (χ1) is 6.27. The summed E-state index contributed by atoms with van der Waals surface area (Å²) in [5.74, 6) is 0.645. The number of hydrogen-bond acceptors (Lipinski definition) is 0. The molecule has 0 aromatic heterocycles. The van der Waals surface area contributed by atoms with Gasteiger partial charge in [0.15, 0.2) is 0 Å². The highest BCUT2D eigenvalue weighted by Gasteiger charge is 1.94. The zero-order chi connectivity index (χ0) is 9.94. The Bertz CT molecular complexity index is 84.0. The highest BCUT2D eigenvalue weighted by Crippen LogP contribution is 2.11. The molecule has 0 N–H and O–H groups in total. The minimum Gasteiger partial charge on any atom is -0.0625 e. The van der Waals surface area contributed by atoms with Gasteiger partial charge in [-0.3, -0.25) is 0 Å². The highest BCUT2D eigenvalue weighted by atomic mass is 14.0. The van der Waals surface area contributed by atoms with Crippen molar-refractivity contribution in [1.29, 1.82) is 0 Å². The molecule has 0 aliphatic heterocycles. The first kappa shape index (κ1) is 13.0. The molecule has 0 aliphatic carbocycles. The van der Waals surface area contributed by atoms with Crippen LogP contribution in [0.3, 0.4) is 0 Å². The van der Waals surface area contributed by atoms with E-state index in [-0.39, 0.29) is 0 Å². The SMILES string of the molecule is [CH2]CCCCCCCCCC([CH2])C. The van der Waals surface area contributed by atoms with Crippen molar-refractivity contribution in [2.24, 2.45) is 5.92 Å². The molecule has 0 nitrogen and oxygen atoms in total. The van der Waals surface area contributed by atoms with Gasteiger partial charge in [-0.05, 0) is 5.92 Å². The molecule has 1 unspecified atom stereocenters. The third kappa shape index (κ3) is 12.0. The summed E-state index contributed by atoms with van der Waals surface area (Å²) in [4.78, 5) is 0. The van der Waals surface area contributed by atoms with E-state index < -0.39 is 0 Å². The summed E-state index contributed by atoms with van der Waals surface area (Å²) >= 11 is 0. The molecule has 0 heteroatoms. The smallest absolute Gasteiger partial charge is 0.0443 e. The highest BCUT2D eigenvalue weighted by molar-refractivity contribution is 4.54. The first-order valence-corrected chi connectivity index (χ1v) is 5.89. The number of hydrogen-bond donors (Lipinski definition) is 0. The van der Waals surface area contributed by atoms with E-state index in [1.165, 1.54) is 51.4 Å². The lowest BCUT2D eigenvalue weighted by Gasteiger charge is -2.03. The second-order valence-electron chi connectivity index (χ2n) is 4.22. The Kier molecular flexibility index (Phi) is 10.1. The Balaban J connectivity index is 2.84. The first-order valence-electron chi connectivity index (χ1n) is 5.89. The van der Waals surface area contributed by atoms with Crippen molar-refractivity contribution < 1.29 is 0 Å². The van der Waals surface area contributed by atoms with Crippen LogP contribution >= 0.6 is 0 Å². The van der Waals surface area contributed by atoms with Crippen LogP contribution in [0, 0.1) is 19.8 Å². The third-order valence-corrected chi connectivity index (χ3v) is 2.45. The molecule has 0 aromatic rings. The minimum absolute atomic E-state index is 0.645. The zero-order valence-electron chi connectivity index (χ0n) is 9.36. The molecule has 0 fully saturated rings. The molecule has 1 atom stereocenters. The normalized spacial score (nSPS) is 11.1. The standard InChI is InChI=1S/C13H26/c1-4-5-6-7-8-9-10-11-12-13(2)3/h13H,1-2,4-12H2,3H3. The Hall–Kier alpha value is 0. The maximum Gasteiger partial charge on any atom is -0.0443 e. The van der Waals surface area contributed by atoms with Gasteiger partial charge in [-0.25, -0.2) is 0 Å². The van der Waals surface area contributed by atoms with Crippen LogP contribution in [0.1, 0.15) is 64.7 Å². The van der Waals surface area contributed by atoms with Crippen LogP contribution < -0.4 is 0 Å². The molecule has 0 heterocycles. The summed E-state index contributed by atoms with van der Waals surface area (Å²) in [7, 11) is 0. The predicted octanol–water partition coefficient (Wildman–Crippen LogP) is 4.80. The predicted molar refractivity (Wildman–Crippen MR) is 61.4 cm³/mol. The summed E-state index contributed by atoms with van der Waals surface area (Å²) < 4.78 is 0. The van der Waals surface area contributed by atoms with Gasteiger partial charge in [0.2, 0.25) is 0 Å². The van der Waals surface area contributed by atoms with E-state index in [1.807, 2.05) is 0 Å². The molecule has 78 valence electrons. The number of rotatable bonds is 9. The van der Waals surface area contributed by atoms with Crippen molar-refractivity contribution >= 4 is 0 Å².